The molecule has 0 heterocycles. The van der Waals surface area contributed by atoms with Crippen molar-refractivity contribution in [3.8, 4) is 0 Å². The van der Waals surface area contributed by atoms with Crippen LogP contribution in [0.25, 0.3) is 0 Å². The van der Waals surface area contributed by atoms with Gasteiger partial charge >= 0.3 is 58.2 Å². The first-order valence-electron chi connectivity index (χ1n) is 1.41. The minimum Gasteiger partial charge on any atom is -0.421 e. The number of hydrogen-bond donors (Lipinski definition) is 1. The SMILES string of the molecule is C=C[C@H]([CH2-])O.[Rb+]. The first-order chi connectivity index (χ1) is 2.27. The Morgan fingerprint density at radius 2 is 2.00 bits per heavy atom. The summed E-state index contributed by atoms with van der Waals surface area (Å²) in [5.41, 5.74) is 0. The van der Waals surface area contributed by atoms with E-state index in [-0.39, 0.29) is 58.2 Å². The smallest absolute Gasteiger partial charge is 0.421 e. The Morgan fingerprint density at radius 1 is 1.83 bits per heavy atom. The van der Waals surface area contributed by atoms with Gasteiger partial charge in [0, 0.05) is 0 Å². The van der Waals surface area contributed by atoms with E-state index >= 15 is 0 Å². The van der Waals surface area contributed by atoms with Gasteiger partial charge in [-0.1, -0.05) is 12.2 Å². The Bertz CT molecular complexity index is 34.5. The molecule has 0 aromatic carbocycles. The predicted molar refractivity (Wildman–Crippen MR) is 21.6 cm³/mol. The molecular weight excluding hydrogens is 150 g/mol. The number of hydrogen-bond acceptors (Lipinski definition) is 1. The van der Waals surface area contributed by atoms with Gasteiger partial charge in [0.25, 0.3) is 0 Å². The summed E-state index contributed by atoms with van der Waals surface area (Å²) in [5.74, 6) is 0. The Kier molecular flexibility index (Phi) is 11.4. The maximum atomic E-state index is 8.13. The standard InChI is InChI=1S/C4H7O.Rb/c1-3-4(2)5;/h3-5H,1-2H2;/q-1;+1/t4-;/m0./s1. The second-order valence-electron chi connectivity index (χ2n) is 0.803. The summed E-state index contributed by atoms with van der Waals surface area (Å²) < 4.78 is 0. The van der Waals surface area contributed by atoms with Crippen molar-refractivity contribution in [2.75, 3.05) is 0 Å². The Morgan fingerprint density at radius 3 is 2.00 bits per heavy atom. The van der Waals surface area contributed by atoms with E-state index in [4.69, 9.17) is 5.11 Å². The molecule has 1 N–H and O–H groups in total. The summed E-state index contributed by atoms with van der Waals surface area (Å²) in [5, 5.41) is 8.13. The molecule has 0 saturated heterocycles. The molecule has 0 radical (unpaired) electrons. The summed E-state index contributed by atoms with van der Waals surface area (Å²) >= 11 is 0. The molecule has 0 aliphatic rings. The quantitative estimate of drug-likeness (QED) is 0.326. The van der Waals surface area contributed by atoms with Crippen LogP contribution >= 0.6 is 0 Å². The molecule has 0 aromatic rings. The Labute approximate surface area is 87.2 Å². The van der Waals surface area contributed by atoms with E-state index in [0.717, 1.165) is 0 Å². The maximum absolute atomic E-state index is 8.13. The molecule has 0 amide bonds. The van der Waals surface area contributed by atoms with E-state index in [2.05, 4.69) is 13.5 Å². The minimum atomic E-state index is -0.602. The molecule has 0 spiro atoms. The first-order valence-corrected chi connectivity index (χ1v) is 1.41. The van der Waals surface area contributed by atoms with Crippen LogP contribution in [0, 0.1) is 6.92 Å². The van der Waals surface area contributed by atoms with Crippen molar-refractivity contribution in [1.29, 1.82) is 0 Å². The maximum Gasteiger partial charge on any atom is 1.00 e. The van der Waals surface area contributed by atoms with Crippen molar-refractivity contribution in [2.45, 2.75) is 6.10 Å². The van der Waals surface area contributed by atoms with Gasteiger partial charge < -0.3 is 12.0 Å². The van der Waals surface area contributed by atoms with Crippen molar-refractivity contribution in [3.05, 3.63) is 19.6 Å². The van der Waals surface area contributed by atoms with E-state index in [1.54, 1.807) is 0 Å². The van der Waals surface area contributed by atoms with Crippen LogP contribution in [0.4, 0.5) is 0 Å². The molecule has 0 unspecified atom stereocenters. The normalized spacial score (nSPS) is 11.7. The molecule has 2 heteroatoms. The van der Waals surface area contributed by atoms with Gasteiger partial charge in [-0.3, -0.25) is 0 Å². The van der Waals surface area contributed by atoms with Crippen LogP contribution in [-0.2, 0) is 0 Å². The fourth-order valence-corrected chi connectivity index (χ4v) is 0. The van der Waals surface area contributed by atoms with E-state index in [9.17, 15) is 0 Å². The summed E-state index contributed by atoms with van der Waals surface area (Å²) in [4.78, 5) is 0. The molecule has 1 nitrogen and oxygen atoms in total. The third-order valence-electron chi connectivity index (χ3n) is 0.272. The summed E-state index contributed by atoms with van der Waals surface area (Å²) in [6.45, 7) is 6.44. The largest absolute Gasteiger partial charge is 1.00 e. The van der Waals surface area contributed by atoms with E-state index in [1.807, 2.05) is 0 Å². The van der Waals surface area contributed by atoms with Gasteiger partial charge in [0.1, 0.15) is 0 Å². The predicted octanol–water partition coefficient (Wildman–Crippen LogP) is -2.63. The van der Waals surface area contributed by atoms with E-state index in [1.165, 1.54) is 6.08 Å². The fraction of sp³-hybridized carbons (Fsp3) is 0.250. The van der Waals surface area contributed by atoms with Gasteiger partial charge in [-0.15, -0.1) is 6.58 Å². The number of rotatable bonds is 1. The van der Waals surface area contributed by atoms with Crippen molar-refractivity contribution in [3.63, 3.8) is 0 Å². The Hall–Kier alpha value is 1.51. The van der Waals surface area contributed by atoms with Crippen LogP contribution in [0.2, 0.25) is 0 Å². The topological polar surface area (TPSA) is 20.2 Å². The summed E-state index contributed by atoms with van der Waals surface area (Å²) in [7, 11) is 0. The molecule has 1 atom stereocenters. The molecular formula is C4H7ORb. The van der Waals surface area contributed by atoms with E-state index in [0.29, 0.717) is 0 Å². The molecule has 6 heavy (non-hydrogen) atoms. The third kappa shape index (κ3) is 9.09. The van der Waals surface area contributed by atoms with Gasteiger partial charge in [0.15, 0.2) is 0 Å². The minimum absolute atomic E-state index is 0. The molecule has 0 fully saturated rings. The van der Waals surface area contributed by atoms with Crippen LogP contribution in [-0.4, -0.2) is 11.2 Å². The molecule has 0 rings (SSSR count). The first kappa shape index (κ1) is 10.5. The van der Waals surface area contributed by atoms with Gasteiger partial charge in [-0.25, -0.2) is 0 Å². The zero-order valence-electron chi connectivity index (χ0n) is 4.02. The summed E-state index contributed by atoms with van der Waals surface area (Å²) in [6.07, 6.45) is 0.759. The second-order valence-corrected chi connectivity index (χ2v) is 0.803. The Balaban J connectivity index is 0. The molecule has 0 saturated carbocycles. The molecule has 30 valence electrons. The monoisotopic (exact) mass is 156 g/mol. The van der Waals surface area contributed by atoms with Gasteiger partial charge in [-0.05, 0) is 0 Å². The molecule has 0 aliphatic heterocycles. The van der Waals surface area contributed by atoms with Crippen molar-refractivity contribution >= 4 is 0 Å². The van der Waals surface area contributed by atoms with Gasteiger partial charge in [0.05, 0.1) is 0 Å². The van der Waals surface area contributed by atoms with Crippen LogP contribution in [0.15, 0.2) is 12.7 Å². The fourth-order valence-electron chi connectivity index (χ4n) is 0. The van der Waals surface area contributed by atoms with Crippen molar-refractivity contribution in [2.24, 2.45) is 0 Å². The van der Waals surface area contributed by atoms with Crippen LogP contribution in [0.5, 0.6) is 0 Å². The molecule has 0 aliphatic carbocycles. The average molecular weight is 157 g/mol. The third-order valence-corrected chi connectivity index (χ3v) is 0.272. The van der Waals surface area contributed by atoms with Gasteiger partial charge in [-0.2, -0.15) is 0 Å². The number of aliphatic hydroxyl groups excluding tert-OH is 1. The zero-order chi connectivity index (χ0) is 4.28. The molecule has 0 bridgehead atoms. The zero-order valence-corrected chi connectivity index (χ0v) is 8.93. The van der Waals surface area contributed by atoms with Crippen LogP contribution in [0.1, 0.15) is 0 Å². The van der Waals surface area contributed by atoms with Crippen LogP contribution < -0.4 is 58.2 Å². The summed E-state index contributed by atoms with van der Waals surface area (Å²) in [6, 6.07) is 0. The molecule has 0 aromatic heterocycles. The van der Waals surface area contributed by atoms with E-state index < -0.39 is 6.10 Å². The van der Waals surface area contributed by atoms with Crippen molar-refractivity contribution in [1.82, 2.24) is 0 Å². The van der Waals surface area contributed by atoms with Crippen molar-refractivity contribution < 1.29 is 63.3 Å². The van der Waals surface area contributed by atoms with Crippen LogP contribution in [0.3, 0.4) is 0 Å². The average Bonchev–Trinajstić information content (AvgIpc) is 1.38. The number of aliphatic hydroxyl groups is 1. The van der Waals surface area contributed by atoms with Gasteiger partial charge in [0.2, 0.25) is 0 Å². The second kappa shape index (κ2) is 6.51.